The zero-order valence-corrected chi connectivity index (χ0v) is 15.7. The average Bonchev–Trinajstić information content (AvgIpc) is 3.30. The Morgan fingerprint density at radius 3 is 2.75 bits per heavy atom. The number of amides is 2. The molecule has 0 aliphatic rings. The molecule has 0 fully saturated rings. The number of aryl methyl sites for hydroxylation is 1. The van der Waals surface area contributed by atoms with Gasteiger partial charge in [0, 0.05) is 37.7 Å². The second kappa shape index (κ2) is 8.49. The Bertz CT molecular complexity index is 977. The van der Waals surface area contributed by atoms with E-state index in [2.05, 4.69) is 15.5 Å². The van der Waals surface area contributed by atoms with Crippen molar-refractivity contribution in [2.45, 2.75) is 12.6 Å². The summed E-state index contributed by atoms with van der Waals surface area (Å²) >= 11 is 0. The predicted octanol–water partition coefficient (Wildman–Crippen LogP) is 0.886. The lowest BCUT2D eigenvalue weighted by molar-refractivity contribution is -0.118. The number of primary amides is 1. The highest BCUT2D eigenvalue weighted by atomic mass is 16.5. The second-order valence-corrected chi connectivity index (χ2v) is 6.33. The number of nitrogens with two attached hydrogens (primary N) is 1. The van der Waals surface area contributed by atoms with E-state index in [1.807, 2.05) is 19.2 Å². The van der Waals surface area contributed by atoms with E-state index in [1.165, 1.54) is 4.68 Å². The summed E-state index contributed by atoms with van der Waals surface area (Å²) in [6, 6.07) is 8.69. The number of ether oxygens (including phenoxy) is 1. The minimum Gasteiger partial charge on any atom is -0.382 e. The fourth-order valence-electron chi connectivity index (χ4n) is 2.93. The number of nitrogens with zero attached hydrogens (tertiary/aromatic N) is 4. The molecule has 0 saturated carbocycles. The first-order chi connectivity index (χ1) is 13.5. The van der Waals surface area contributed by atoms with Crippen LogP contribution in [-0.2, 0) is 23.1 Å². The van der Waals surface area contributed by atoms with Crippen LogP contribution in [0.25, 0.3) is 11.1 Å². The molecule has 0 unspecified atom stereocenters. The Balaban J connectivity index is 1.79. The van der Waals surface area contributed by atoms with E-state index in [9.17, 15) is 9.59 Å². The Morgan fingerprint density at radius 1 is 1.25 bits per heavy atom. The number of methoxy groups -OCH3 is 1. The lowest BCUT2D eigenvalue weighted by Gasteiger charge is -2.18. The van der Waals surface area contributed by atoms with Crippen molar-refractivity contribution in [3.8, 4) is 11.1 Å². The quantitative estimate of drug-likeness (QED) is 0.600. The van der Waals surface area contributed by atoms with Gasteiger partial charge in [0.2, 0.25) is 5.91 Å². The highest BCUT2D eigenvalue weighted by Gasteiger charge is 2.19. The van der Waals surface area contributed by atoms with Crippen LogP contribution in [0.5, 0.6) is 0 Å². The Kier molecular flexibility index (Phi) is 5.85. The van der Waals surface area contributed by atoms with Crippen LogP contribution < -0.4 is 11.1 Å². The van der Waals surface area contributed by atoms with E-state index in [-0.39, 0.29) is 18.5 Å². The minimum atomic E-state index is -0.470. The molecular weight excluding hydrogens is 360 g/mol. The van der Waals surface area contributed by atoms with Crippen LogP contribution in [0.1, 0.15) is 22.1 Å². The van der Waals surface area contributed by atoms with Crippen LogP contribution in [-0.4, -0.2) is 45.1 Å². The van der Waals surface area contributed by atoms with Crippen molar-refractivity contribution in [2.24, 2.45) is 12.8 Å². The fraction of sp³-hybridized carbons (Fsp3) is 0.263. The molecule has 0 bridgehead atoms. The number of rotatable bonds is 8. The van der Waals surface area contributed by atoms with Crippen LogP contribution in [0.15, 0.2) is 48.9 Å². The van der Waals surface area contributed by atoms with Gasteiger partial charge in [0.1, 0.15) is 6.54 Å². The summed E-state index contributed by atoms with van der Waals surface area (Å²) < 4.78 is 8.40. The van der Waals surface area contributed by atoms with Crippen molar-refractivity contribution in [1.29, 1.82) is 0 Å². The molecule has 1 aromatic carbocycles. The highest BCUT2D eigenvalue weighted by Crippen LogP contribution is 2.21. The standard InChI is InChI=1S/C19H22N6O3/c1-24-17(6-7-21-24)16(12-28-2)23-19(27)14-5-3-4-13(8-14)15-9-22-25(10-15)11-18(20)26/h3-10,16H,11-12H2,1-2H3,(H2,20,26)(H,23,27)/t16-/m0/s1. The molecule has 28 heavy (non-hydrogen) atoms. The Hall–Kier alpha value is -3.46. The van der Waals surface area contributed by atoms with Crippen molar-refractivity contribution in [3.63, 3.8) is 0 Å². The number of benzene rings is 1. The molecule has 0 aliphatic heterocycles. The first-order valence-corrected chi connectivity index (χ1v) is 8.67. The Labute approximate surface area is 162 Å². The molecule has 0 aliphatic carbocycles. The van der Waals surface area contributed by atoms with E-state index in [0.717, 1.165) is 16.8 Å². The van der Waals surface area contributed by atoms with Gasteiger partial charge in [-0.1, -0.05) is 12.1 Å². The van der Waals surface area contributed by atoms with Crippen LogP contribution in [0, 0.1) is 0 Å². The number of carbonyl (C=O) groups excluding carboxylic acids is 2. The van der Waals surface area contributed by atoms with E-state index in [1.54, 1.807) is 48.6 Å². The molecule has 0 radical (unpaired) electrons. The third-order valence-electron chi connectivity index (χ3n) is 4.26. The first-order valence-electron chi connectivity index (χ1n) is 8.67. The van der Waals surface area contributed by atoms with Gasteiger partial charge >= 0.3 is 0 Å². The molecule has 9 heteroatoms. The monoisotopic (exact) mass is 382 g/mol. The lowest BCUT2D eigenvalue weighted by atomic mass is 10.1. The summed E-state index contributed by atoms with van der Waals surface area (Å²) in [5.41, 5.74) is 8.14. The maximum atomic E-state index is 12.8. The summed E-state index contributed by atoms with van der Waals surface area (Å²) in [5, 5.41) is 11.2. The summed E-state index contributed by atoms with van der Waals surface area (Å²) in [4.78, 5) is 23.8. The largest absolute Gasteiger partial charge is 0.382 e. The summed E-state index contributed by atoms with van der Waals surface area (Å²) in [5.74, 6) is -0.697. The fourth-order valence-corrected chi connectivity index (χ4v) is 2.93. The van der Waals surface area contributed by atoms with Gasteiger partial charge < -0.3 is 15.8 Å². The minimum absolute atomic E-state index is 0.00355. The molecule has 3 aromatic rings. The maximum absolute atomic E-state index is 12.8. The smallest absolute Gasteiger partial charge is 0.251 e. The first kappa shape index (κ1) is 19.3. The number of nitrogens with one attached hydrogen (secondary N) is 1. The number of hydrogen-bond donors (Lipinski definition) is 2. The van der Waals surface area contributed by atoms with Crippen LogP contribution >= 0.6 is 0 Å². The number of carbonyl (C=O) groups is 2. The summed E-state index contributed by atoms with van der Waals surface area (Å²) in [6.45, 7) is 0.328. The molecule has 0 saturated heterocycles. The molecule has 2 heterocycles. The number of aromatic nitrogens is 4. The predicted molar refractivity (Wildman–Crippen MR) is 102 cm³/mol. The van der Waals surface area contributed by atoms with Crippen molar-refractivity contribution >= 4 is 11.8 Å². The topological polar surface area (TPSA) is 117 Å². The highest BCUT2D eigenvalue weighted by molar-refractivity contribution is 5.95. The van der Waals surface area contributed by atoms with Gasteiger partial charge in [-0.3, -0.25) is 19.0 Å². The van der Waals surface area contributed by atoms with Gasteiger partial charge in [0.25, 0.3) is 5.91 Å². The van der Waals surface area contributed by atoms with Crippen molar-refractivity contribution in [2.75, 3.05) is 13.7 Å². The molecule has 1 atom stereocenters. The lowest BCUT2D eigenvalue weighted by Crippen LogP contribution is -2.32. The summed E-state index contributed by atoms with van der Waals surface area (Å²) in [6.07, 6.45) is 5.02. The normalized spacial score (nSPS) is 11.9. The Morgan fingerprint density at radius 2 is 2.07 bits per heavy atom. The molecule has 146 valence electrons. The van der Waals surface area contributed by atoms with Crippen molar-refractivity contribution in [1.82, 2.24) is 24.9 Å². The van der Waals surface area contributed by atoms with Crippen LogP contribution in [0.3, 0.4) is 0 Å². The third-order valence-corrected chi connectivity index (χ3v) is 4.26. The van der Waals surface area contributed by atoms with Crippen LogP contribution in [0.4, 0.5) is 0 Å². The van der Waals surface area contributed by atoms with E-state index in [4.69, 9.17) is 10.5 Å². The molecule has 3 rings (SSSR count). The molecule has 0 spiro atoms. The molecule has 2 aromatic heterocycles. The van der Waals surface area contributed by atoms with Gasteiger partial charge in [-0.05, 0) is 23.8 Å². The SMILES string of the molecule is COC[C@H](NC(=O)c1cccc(-c2cnn(CC(N)=O)c2)c1)c1ccnn1C. The average molecular weight is 382 g/mol. The molecule has 9 nitrogen and oxygen atoms in total. The molecule has 2 amide bonds. The van der Waals surface area contributed by atoms with Crippen molar-refractivity contribution in [3.05, 3.63) is 60.2 Å². The van der Waals surface area contributed by atoms with E-state index >= 15 is 0 Å². The van der Waals surface area contributed by atoms with E-state index in [0.29, 0.717) is 12.2 Å². The second-order valence-electron chi connectivity index (χ2n) is 6.33. The number of hydrogen-bond acceptors (Lipinski definition) is 5. The zero-order chi connectivity index (χ0) is 20.1. The van der Waals surface area contributed by atoms with Gasteiger partial charge in [0.15, 0.2) is 0 Å². The zero-order valence-electron chi connectivity index (χ0n) is 15.7. The maximum Gasteiger partial charge on any atom is 0.251 e. The van der Waals surface area contributed by atoms with Gasteiger partial charge in [-0.15, -0.1) is 0 Å². The molecule has 3 N–H and O–H groups in total. The van der Waals surface area contributed by atoms with Gasteiger partial charge in [-0.2, -0.15) is 10.2 Å². The third kappa shape index (κ3) is 4.44. The van der Waals surface area contributed by atoms with Gasteiger partial charge in [-0.25, -0.2) is 0 Å². The van der Waals surface area contributed by atoms with Gasteiger partial charge in [0.05, 0.1) is 24.5 Å². The summed E-state index contributed by atoms with van der Waals surface area (Å²) in [7, 11) is 3.40. The van der Waals surface area contributed by atoms with E-state index < -0.39 is 5.91 Å². The van der Waals surface area contributed by atoms with Crippen LogP contribution in [0.2, 0.25) is 0 Å². The molecular formula is C19H22N6O3. The van der Waals surface area contributed by atoms with Crippen molar-refractivity contribution < 1.29 is 14.3 Å².